The molecule has 0 fully saturated rings. The smallest absolute Gasteiger partial charge is 0.177 e. The van der Waals surface area contributed by atoms with E-state index >= 15 is 0 Å². The Hall–Kier alpha value is -3.22. The number of ketones is 2. The molecule has 6 heteroatoms. The van der Waals surface area contributed by atoms with Gasteiger partial charge in [-0.05, 0) is 35.0 Å². The second kappa shape index (κ2) is 4.91. The molecule has 0 spiro atoms. The summed E-state index contributed by atoms with van der Waals surface area (Å²) in [4.78, 5) is 38.7. The van der Waals surface area contributed by atoms with E-state index in [9.17, 15) is 9.59 Å². The predicted molar refractivity (Wildman–Crippen MR) is 119 cm³/mol. The van der Waals surface area contributed by atoms with Crippen LogP contribution in [0.1, 0.15) is 53.4 Å². The van der Waals surface area contributed by atoms with Crippen LogP contribution in [0.3, 0.4) is 0 Å². The number of aliphatic imine (C=N–C) groups is 2. The van der Waals surface area contributed by atoms with Crippen molar-refractivity contribution in [3.05, 3.63) is 79.2 Å². The summed E-state index contributed by atoms with van der Waals surface area (Å²) in [6, 6.07) is 11.8. The number of carbonyl (C=O) groups excluding carboxylic acids is 2. The van der Waals surface area contributed by atoms with Crippen molar-refractivity contribution >= 4 is 67.8 Å². The molecule has 2 atom stereocenters. The Morgan fingerprint density at radius 1 is 0.600 bits per heavy atom. The number of rotatable bonds is 0. The molecule has 4 aromatic rings. The lowest BCUT2D eigenvalue weighted by Crippen LogP contribution is -2.29. The molecule has 0 N–H and O–H groups in total. The number of thiophene rings is 2. The Morgan fingerprint density at radius 3 is 1.50 bits per heavy atom. The minimum Gasteiger partial charge on any atom is -0.293 e. The summed E-state index contributed by atoms with van der Waals surface area (Å²) < 4.78 is 0. The predicted octanol–water partition coefficient (Wildman–Crippen LogP) is 5.79. The molecule has 2 aromatic carbocycles. The first-order chi connectivity index (χ1) is 14.7. The normalized spacial score (nSPS) is 21.9. The summed E-state index contributed by atoms with van der Waals surface area (Å²) >= 11 is 3.17. The summed E-state index contributed by atoms with van der Waals surface area (Å²) in [5, 5.41) is 5.71. The first-order valence-electron chi connectivity index (χ1n) is 9.73. The van der Waals surface area contributed by atoms with E-state index in [1.54, 1.807) is 22.7 Å². The zero-order valence-electron chi connectivity index (χ0n) is 15.3. The van der Waals surface area contributed by atoms with E-state index in [4.69, 9.17) is 9.98 Å². The third-order valence-corrected chi connectivity index (χ3v) is 8.61. The van der Waals surface area contributed by atoms with E-state index < -0.39 is 0 Å². The molecule has 2 unspecified atom stereocenters. The van der Waals surface area contributed by atoms with Crippen molar-refractivity contribution in [3.8, 4) is 0 Å². The van der Waals surface area contributed by atoms with Crippen LogP contribution in [0.4, 0.5) is 11.4 Å². The number of nitrogens with zero attached hydrogens (tertiary/aromatic N) is 2. The van der Waals surface area contributed by atoms with Gasteiger partial charge in [0.2, 0.25) is 0 Å². The molecule has 2 aromatic heterocycles. The van der Waals surface area contributed by atoms with E-state index in [0.29, 0.717) is 11.1 Å². The average molecular weight is 422 g/mol. The molecule has 0 radical (unpaired) electrons. The number of hydrogen-bond acceptors (Lipinski definition) is 6. The topological polar surface area (TPSA) is 58.9 Å². The summed E-state index contributed by atoms with van der Waals surface area (Å²) in [6.45, 7) is 0. The monoisotopic (exact) mass is 422 g/mol. The van der Waals surface area contributed by atoms with Crippen molar-refractivity contribution in [2.45, 2.75) is 11.8 Å². The summed E-state index contributed by atoms with van der Waals surface area (Å²) in [7, 11) is 0. The van der Waals surface area contributed by atoms with Gasteiger partial charge in [0.1, 0.15) is 11.8 Å². The van der Waals surface area contributed by atoms with E-state index in [0.717, 1.165) is 54.5 Å². The van der Waals surface area contributed by atoms with Crippen LogP contribution in [0, 0.1) is 0 Å². The second-order valence-electron chi connectivity index (χ2n) is 8.00. The van der Waals surface area contributed by atoms with Gasteiger partial charge in [-0.1, -0.05) is 12.1 Å². The van der Waals surface area contributed by atoms with Gasteiger partial charge in [0.15, 0.2) is 11.6 Å². The van der Waals surface area contributed by atoms with Crippen molar-refractivity contribution in [1.29, 1.82) is 0 Å². The van der Waals surface area contributed by atoms with Gasteiger partial charge in [0, 0.05) is 42.8 Å². The van der Waals surface area contributed by atoms with Gasteiger partial charge >= 0.3 is 0 Å². The zero-order chi connectivity index (χ0) is 19.7. The Labute approximate surface area is 178 Å². The minimum atomic E-state index is -0.324. The lowest BCUT2D eigenvalue weighted by molar-refractivity contribution is 0.0974. The molecular weight excluding hydrogens is 412 g/mol. The molecule has 0 saturated carbocycles. The Bertz CT molecular complexity index is 1480. The molecule has 4 aliphatic rings. The highest BCUT2D eigenvalue weighted by molar-refractivity contribution is 7.11. The SMILES string of the molecule is O=C1c2ccc3c4c(ccc(c24)C2=Nc4ccsc4C12)C1=Nc2ccsc2C1C3=O. The standard InChI is InChI=1S/C24H10N2O2S2/c27-21-11-3-4-12-16-10(20-18(22(12)28)24-14(26-20)6-8-30-24)2-1-9(15(11)16)19-17(21)23-13(25-19)5-7-29-23/h1-8,17-18H. The van der Waals surface area contributed by atoms with Gasteiger partial charge < -0.3 is 0 Å². The molecule has 4 nitrogen and oxygen atoms in total. The summed E-state index contributed by atoms with van der Waals surface area (Å²) in [6.07, 6.45) is 0. The fourth-order valence-electron chi connectivity index (χ4n) is 5.44. The van der Waals surface area contributed by atoms with Crippen molar-refractivity contribution in [2.24, 2.45) is 9.98 Å². The third-order valence-electron chi connectivity index (χ3n) is 6.67. The fraction of sp³-hybridized carbons (Fsp3) is 0.0833. The molecule has 0 saturated heterocycles. The molecule has 2 aliphatic carbocycles. The third kappa shape index (κ3) is 1.56. The Balaban J connectivity index is 1.49. The number of Topliss-reactive ketones (excluding diaryl/α,β-unsaturated/α-hetero) is 2. The fourth-order valence-corrected chi connectivity index (χ4v) is 7.31. The van der Waals surface area contributed by atoms with E-state index in [-0.39, 0.29) is 23.4 Å². The molecule has 30 heavy (non-hydrogen) atoms. The van der Waals surface area contributed by atoms with Crippen LogP contribution in [-0.4, -0.2) is 23.0 Å². The van der Waals surface area contributed by atoms with Crippen LogP contribution >= 0.6 is 22.7 Å². The maximum absolute atomic E-state index is 13.5. The average Bonchev–Trinajstić information content (AvgIpc) is 3.49. The van der Waals surface area contributed by atoms with Gasteiger partial charge in [-0.15, -0.1) is 22.7 Å². The maximum atomic E-state index is 13.5. The van der Waals surface area contributed by atoms with Crippen molar-refractivity contribution in [2.75, 3.05) is 0 Å². The molecule has 2 aliphatic heterocycles. The van der Waals surface area contributed by atoms with Crippen LogP contribution in [0.5, 0.6) is 0 Å². The Morgan fingerprint density at radius 2 is 1.03 bits per heavy atom. The molecule has 4 heterocycles. The van der Waals surface area contributed by atoms with Crippen LogP contribution in [0.2, 0.25) is 0 Å². The van der Waals surface area contributed by atoms with E-state index in [1.165, 1.54) is 0 Å². The summed E-state index contributed by atoms with van der Waals surface area (Å²) in [5.74, 6) is -0.495. The zero-order valence-corrected chi connectivity index (χ0v) is 16.9. The van der Waals surface area contributed by atoms with Gasteiger partial charge in [-0.3, -0.25) is 19.6 Å². The molecule has 140 valence electrons. The number of fused-ring (bicyclic) bond motifs is 8. The minimum absolute atomic E-state index is 0.0770. The van der Waals surface area contributed by atoms with E-state index in [1.807, 2.05) is 35.0 Å². The number of hydrogen-bond donors (Lipinski definition) is 0. The number of benzene rings is 2. The Kier molecular flexibility index (Phi) is 2.55. The van der Waals surface area contributed by atoms with Crippen LogP contribution < -0.4 is 0 Å². The largest absolute Gasteiger partial charge is 0.293 e. The molecule has 0 bridgehead atoms. The summed E-state index contributed by atoms with van der Waals surface area (Å²) in [5.41, 5.74) is 6.75. The lowest BCUT2D eigenvalue weighted by atomic mass is 9.73. The van der Waals surface area contributed by atoms with Gasteiger partial charge in [-0.2, -0.15) is 0 Å². The first-order valence-corrected chi connectivity index (χ1v) is 11.5. The second-order valence-corrected chi connectivity index (χ2v) is 9.90. The first kappa shape index (κ1) is 15.6. The molecule has 8 rings (SSSR count). The van der Waals surface area contributed by atoms with Crippen molar-refractivity contribution in [1.82, 2.24) is 0 Å². The van der Waals surface area contributed by atoms with Gasteiger partial charge in [0.05, 0.1) is 22.8 Å². The molecular formula is C24H10N2O2S2. The maximum Gasteiger partial charge on any atom is 0.177 e. The highest BCUT2D eigenvalue weighted by Crippen LogP contribution is 2.52. The highest BCUT2D eigenvalue weighted by Gasteiger charge is 2.45. The van der Waals surface area contributed by atoms with Crippen LogP contribution in [0.25, 0.3) is 10.8 Å². The van der Waals surface area contributed by atoms with Gasteiger partial charge in [0.25, 0.3) is 0 Å². The van der Waals surface area contributed by atoms with Gasteiger partial charge in [-0.25, -0.2) is 0 Å². The van der Waals surface area contributed by atoms with Crippen LogP contribution in [-0.2, 0) is 0 Å². The van der Waals surface area contributed by atoms with E-state index in [2.05, 4.69) is 12.1 Å². The highest BCUT2D eigenvalue weighted by atomic mass is 32.1. The molecule has 0 amide bonds. The quantitative estimate of drug-likeness (QED) is 0.360. The lowest BCUT2D eigenvalue weighted by Gasteiger charge is -2.28. The van der Waals surface area contributed by atoms with Crippen LogP contribution in [0.15, 0.2) is 57.1 Å². The van der Waals surface area contributed by atoms with Crippen molar-refractivity contribution < 1.29 is 9.59 Å². The van der Waals surface area contributed by atoms with Crippen molar-refractivity contribution in [3.63, 3.8) is 0 Å². The number of carbonyl (C=O) groups is 2.